The number of rotatable bonds is 5. The number of hydrogen-bond donors (Lipinski definition) is 5. The fourth-order valence-electron chi connectivity index (χ4n) is 1.85. The number of aliphatic hydroxyl groups is 1. The Labute approximate surface area is 149 Å². The molecule has 0 radical (unpaired) electrons. The molecule has 2 aromatic rings. The van der Waals surface area contributed by atoms with Crippen molar-refractivity contribution in [2.45, 2.75) is 11.8 Å². The quantitative estimate of drug-likeness (QED) is 0.305. The number of aromatic hydroxyl groups is 1. The predicted octanol–water partition coefficient (Wildman–Crippen LogP) is 3.78. The number of para-hydroxylation sites is 1. The minimum Gasteiger partial charge on any atom is -0.510 e. The summed E-state index contributed by atoms with van der Waals surface area (Å²) in [4.78, 5) is 11.9. The minimum atomic E-state index is -4.01. The first-order valence-corrected chi connectivity index (χ1v) is 8.72. The van der Waals surface area contributed by atoms with Crippen molar-refractivity contribution in [1.82, 2.24) is 0 Å². The summed E-state index contributed by atoms with van der Waals surface area (Å²) in [7, 11) is -4.01. The number of carbonyl (C=O) groups is 1. The van der Waals surface area contributed by atoms with E-state index in [4.69, 9.17) is 4.78 Å². The van der Waals surface area contributed by atoms with Crippen LogP contribution in [0.25, 0.3) is 0 Å². The van der Waals surface area contributed by atoms with Crippen LogP contribution in [0.1, 0.15) is 6.92 Å². The van der Waals surface area contributed by atoms with Crippen LogP contribution in [0.2, 0.25) is 0 Å². The number of benzene rings is 2. The molecule has 1 atom stereocenters. The van der Waals surface area contributed by atoms with Crippen molar-refractivity contribution in [1.29, 1.82) is 4.78 Å². The van der Waals surface area contributed by atoms with Gasteiger partial charge in [-0.25, -0.2) is 8.99 Å². The molecule has 2 aromatic carbocycles. The highest BCUT2D eigenvalue weighted by Gasteiger charge is 2.14. The summed E-state index contributed by atoms with van der Waals surface area (Å²) in [5.74, 6) is -1.52. The van der Waals surface area contributed by atoms with E-state index >= 15 is 0 Å². The number of anilines is 1. The molecule has 10 heteroatoms. The van der Waals surface area contributed by atoms with E-state index in [1.165, 1.54) is 6.92 Å². The maximum Gasteiger partial charge on any atom is 0.279 e. The zero-order chi connectivity index (χ0) is 19.3. The monoisotopic (exact) mass is 376 g/mol. The second-order valence-corrected chi connectivity index (χ2v) is 6.65. The largest absolute Gasteiger partial charge is 0.510 e. The van der Waals surface area contributed by atoms with E-state index in [-0.39, 0.29) is 16.3 Å². The maximum atomic E-state index is 12.2. The Balaban J connectivity index is 2.31. The van der Waals surface area contributed by atoms with Gasteiger partial charge in [-0.1, -0.05) is 18.2 Å². The van der Waals surface area contributed by atoms with Gasteiger partial charge in [0.05, 0.1) is 4.90 Å². The van der Waals surface area contributed by atoms with E-state index in [0.717, 1.165) is 18.2 Å². The van der Waals surface area contributed by atoms with E-state index in [9.17, 15) is 23.8 Å². The summed E-state index contributed by atoms with van der Waals surface area (Å²) in [6, 6.07) is 11.6. The molecule has 0 aliphatic carbocycles. The van der Waals surface area contributed by atoms with Crippen LogP contribution >= 0.6 is 0 Å². The number of allylic oxidation sites excluding steroid dienone is 1. The molecule has 0 fully saturated rings. The predicted molar refractivity (Wildman–Crippen MR) is 94.8 cm³/mol. The van der Waals surface area contributed by atoms with Crippen LogP contribution in [0.3, 0.4) is 0 Å². The summed E-state index contributed by atoms with van der Waals surface area (Å²) in [5.41, 5.74) is -0.164. The molecule has 1 amide bonds. The van der Waals surface area contributed by atoms with Gasteiger partial charge in [0.2, 0.25) is 0 Å². The molecule has 0 spiro atoms. The molecule has 0 saturated heterocycles. The first-order chi connectivity index (χ1) is 12.2. The van der Waals surface area contributed by atoms with E-state index in [2.05, 4.69) is 15.5 Å². The maximum absolute atomic E-state index is 12.2. The first kappa shape index (κ1) is 19.1. The van der Waals surface area contributed by atoms with Crippen molar-refractivity contribution in [2.24, 2.45) is 10.2 Å². The third kappa shape index (κ3) is 4.88. The number of phenolic OH excluding ortho intramolecular Hbond substituents is 1. The van der Waals surface area contributed by atoms with Gasteiger partial charge < -0.3 is 15.5 Å². The third-order valence-electron chi connectivity index (χ3n) is 3.11. The van der Waals surface area contributed by atoms with Gasteiger partial charge in [-0.3, -0.25) is 9.35 Å². The summed E-state index contributed by atoms with van der Waals surface area (Å²) < 4.78 is 27.7. The van der Waals surface area contributed by atoms with Crippen molar-refractivity contribution in [3.63, 3.8) is 0 Å². The van der Waals surface area contributed by atoms with E-state index in [0.29, 0.717) is 5.69 Å². The Morgan fingerprint density at radius 3 is 2.42 bits per heavy atom. The highest BCUT2D eigenvalue weighted by molar-refractivity contribution is 7.86. The lowest BCUT2D eigenvalue weighted by Gasteiger charge is -2.06. The number of hydrogen-bond acceptors (Lipinski definition) is 7. The molecular formula is C16H16N4O5S. The van der Waals surface area contributed by atoms with Crippen LogP contribution < -0.4 is 5.32 Å². The van der Waals surface area contributed by atoms with Gasteiger partial charge in [-0.2, -0.15) is 0 Å². The SMILES string of the molecule is CC(O)=C(N=Nc1cc(S(=N)(=O)O)ccc1O)C(=O)Nc1ccccc1. The van der Waals surface area contributed by atoms with Gasteiger partial charge in [0.1, 0.15) is 17.2 Å². The van der Waals surface area contributed by atoms with Crippen molar-refractivity contribution in [3.05, 3.63) is 60.0 Å². The fraction of sp³-hybridized carbons (Fsp3) is 0.0625. The number of nitrogens with zero attached hydrogens (tertiary/aromatic N) is 2. The van der Waals surface area contributed by atoms with Gasteiger partial charge in [0, 0.05) is 5.69 Å². The minimum absolute atomic E-state index is 0.234. The third-order valence-corrected chi connectivity index (χ3v) is 4.01. The van der Waals surface area contributed by atoms with Crippen LogP contribution in [0.5, 0.6) is 5.75 Å². The van der Waals surface area contributed by atoms with Gasteiger partial charge in [-0.15, -0.1) is 10.2 Å². The molecule has 9 nitrogen and oxygen atoms in total. The van der Waals surface area contributed by atoms with Crippen molar-refractivity contribution in [3.8, 4) is 5.75 Å². The highest BCUT2D eigenvalue weighted by Crippen LogP contribution is 2.30. The zero-order valence-electron chi connectivity index (χ0n) is 13.6. The standard InChI is InChI=1S/C16H16N4O5S/c1-10(21)15(16(23)18-11-5-3-2-4-6-11)20-19-13-9-12(26(17,24)25)7-8-14(13)22/h2-9,21-22H,1H3,(H,18,23)(H2,17,24,25). The summed E-state index contributed by atoms with van der Waals surface area (Å²) in [6.07, 6.45) is 0. The number of azo groups is 1. The van der Waals surface area contributed by atoms with Gasteiger partial charge in [0.15, 0.2) is 15.7 Å². The molecule has 0 heterocycles. The average molecular weight is 376 g/mol. The molecule has 0 saturated carbocycles. The number of phenols is 1. The average Bonchev–Trinajstić information content (AvgIpc) is 2.56. The molecule has 136 valence electrons. The molecular weight excluding hydrogens is 360 g/mol. The van der Waals surface area contributed by atoms with Gasteiger partial charge in [-0.05, 0) is 37.3 Å². The summed E-state index contributed by atoms with van der Waals surface area (Å²) in [5, 5.41) is 29.2. The van der Waals surface area contributed by atoms with Crippen molar-refractivity contribution >= 4 is 27.3 Å². The van der Waals surface area contributed by atoms with Crippen LogP contribution in [0.4, 0.5) is 11.4 Å². The van der Waals surface area contributed by atoms with Crippen molar-refractivity contribution in [2.75, 3.05) is 5.32 Å². The molecule has 1 unspecified atom stereocenters. The lowest BCUT2D eigenvalue weighted by Crippen LogP contribution is -2.14. The lowest BCUT2D eigenvalue weighted by molar-refractivity contribution is -0.113. The molecule has 0 aliphatic heterocycles. The molecule has 2 rings (SSSR count). The smallest absolute Gasteiger partial charge is 0.279 e. The molecule has 0 aliphatic rings. The second-order valence-electron chi connectivity index (χ2n) is 5.13. The number of amides is 1. The van der Waals surface area contributed by atoms with Crippen LogP contribution in [-0.2, 0) is 14.8 Å². The summed E-state index contributed by atoms with van der Waals surface area (Å²) in [6.45, 7) is 1.24. The highest BCUT2D eigenvalue weighted by atomic mass is 32.2. The van der Waals surface area contributed by atoms with Gasteiger partial charge in [0.25, 0.3) is 5.91 Å². The lowest BCUT2D eigenvalue weighted by atomic mass is 10.3. The molecule has 26 heavy (non-hydrogen) atoms. The number of carbonyl (C=O) groups excluding carboxylic acids is 1. The second kappa shape index (κ2) is 7.76. The first-order valence-electron chi connectivity index (χ1n) is 7.20. The number of nitrogens with one attached hydrogen (secondary N) is 2. The zero-order valence-corrected chi connectivity index (χ0v) is 14.4. The molecule has 5 N–H and O–H groups in total. The molecule has 0 aromatic heterocycles. The van der Waals surface area contributed by atoms with Gasteiger partial charge >= 0.3 is 0 Å². The van der Waals surface area contributed by atoms with E-state index in [1.807, 2.05) is 0 Å². The number of aliphatic hydroxyl groups excluding tert-OH is 1. The summed E-state index contributed by atoms with van der Waals surface area (Å²) >= 11 is 0. The normalized spacial score (nSPS) is 14.5. The van der Waals surface area contributed by atoms with Crippen LogP contribution in [0, 0.1) is 4.78 Å². The van der Waals surface area contributed by atoms with E-state index in [1.54, 1.807) is 30.3 Å². The van der Waals surface area contributed by atoms with Crippen LogP contribution in [0.15, 0.2) is 75.1 Å². The fourth-order valence-corrected chi connectivity index (χ4v) is 2.38. The Bertz CT molecular complexity index is 981. The topological polar surface area (TPSA) is 155 Å². The van der Waals surface area contributed by atoms with E-state index < -0.39 is 27.4 Å². The Kier molecular flexibility index (Phi) is 5.70. The Hall–Kier alpha value is -3.24. The molecule has 0 bridgehead atoms. The van der Waals surface area contributed by atoms with Crippen molar-refractivity contribution < 1.29 is 23.8 Å². The van der Waals surface area contributed by atoms with Crippen LogP contribution in [-0.4, -0.2) is 24.9 Å². The Morgan fingerprint density at radius 1 is 1.19 bits per heavy atom. The Morgan fingerprint density at radius 2 is 1.85 bits per heavy atom.